The van der Waals surface area contributed by atoms with Gasteiger partial charge >= 0.3 is 5.97 Å². The summed E-state index contributed by atoms with van der Waals surface area (Å²) in [6, 6.07) is 5.66. The summed E-state index contributed by atoms with van der Waals surface area (Å²) in [5.41, 5.74) is 2.36. The zero-order chi connectivity index (χ0) is 18.4. The van der Waals surface area contributed by atoms with Gasteiger partial charge in [0.1, 0.15) is 0 Å². The molecule has 1 aromatic carbocycles. The van der Waals surface area contributed by atoms with E-state index in [1.54, 1.807) is 10.7 Å². The van der Waals surface area contributed by atoms with Crippen LogP contribution in [0, 0.1) is 13.8 Å². The molecule has 0 saturated heterocycles. The summed E-state index contributed by atoms with van der Waals surface area (Å²) in [5, 5.41) is 13.7. The summed E-state index contributed by atoms with van der Waals surface area (Å²) in [5.74, 6) is -1.25. The number of carboxylic acids is 1. The molecule has 1 N–H and O–H groups in total. The van der Waals surface area contributed by atoms with Crippen molar-refractivity contribution < 1.29 is 18.3 Å². The van der Waals surface area contributed by atoms with E-state index in [1.165, 1.54) is 22.5 Å². The molecule has 1 fully saturated rings. The first-order valence-electron chi connectivity index (χ1n) is 8.06. The van der Waals surface area contributed by atoms with E-state index in [0.29, 0.717) is 0 Å². The highest BCUT2D eigenvalue weighted by Gasteiger charge is 2.40. The number of aromatic nitrogens is 2. The lowest BCUT2D eigenvalue weighted by molar-refractivity contribution is 0.0692. The zero-order valence-electron chi connectivity index (χ0n) is 14.4. The van der Waals surface area contributed by atoms with Gasteiger partial charge in [-0.25, -0.2) is 13.2 Å². The molecule has 25 heavy (non-hydrogen) atoms. The van der Waals surface area contributed by atoms with Crippen LogP contribution in [0.15, 0.2) is 29.2 Å². The van der Waals surface area contributed by atoms with Crippen LogP contribution in [0.4, 0.5) is 0 Å². The third-order valence-corrected chi connectivity index (χ3v) is 6.59. The minimum atomic E-state index is -3.92. The van der Waals surface area contributed by atoms with Crippen molar-refractivity contribution in [3.05, 3.63) is 46.8 Å². The number of benzene rings is 1. The van der Waals surface area contributed by atoms with Crippen LogP contribution in [-0.2, 0) is 23.6 Å². The maximum atomic E-state index is 13.2. The smallest absolute Gasteiger partial charge is 0.337 e. The quantitative estimate of drug-likeness (QED) is 0.848. The second-order valence-electron chi connectivity index (χ2n) is 6.36. The van der Waals surface area contributed by atoms with Crippen LogP contribution in [-0.4, -0.2) is 39.6 Å². The lowest BCUT2D eigenvalue weighted by atomic mass is 10.2. The van der Waals surface area contributed by atoms with Gasteiger partial charge in [0, 0.05) is 30.9 Å². The fourth-order valence-corrected chi connectivity index (χ4v) is 4.81. The van der Waals surface area contributed by atoms with Crippen LogP contribution in [0.3, 0.4) is 0 Å². The van der Waals surface area contributed by atoms with Crippen LogP contribution in [0.1, 0.15) is 40.2 Å². The number of sulfonamides is 1. The van der Waals surface area contributed by atoms with Crippen LogP contribution < -0.4 is 0 Å². The van der Waals surface area contributed by atoms with Crippen molar-refractivity contribution in [2.45, 2.75) is 44.2 Å². The molecule has 7 nitrogen and oxygen atoms in total. The summed E-state index contributed by atoms with van der Waals surface area (Å²) in [4.78, 5) is 11.3. The Morgan fingerprint density at radius 3 is 2.48 bits per heavy atom. The fourth-order valence-electron chi connectivity index (χ4n) is 2.97. The standard InChI is InChI=1S/C17H21N3O4S/c1-11-15(12(2)19(3)18-11)10-20(13-8-9-13)25(23,24)16-7-5-4-6-14(16)17(21)22/h4-7,13H,8-10H2,1-3H3,(H,21,22). The van der Waals surface area contributed by atoms with Crippen molar-refractivity contribution in [1.82, 2.24) is 14.1 Å². The van der Waals surface area contributed by atoms with Crippen molar-refractivity contribution >= 4 is 16.0 Å². The monoisotopic (exact) mass is 363 g/mol. The molecule has 2 aromatic rings. The van der Waals surface area contributed by atoms with E-state index in [9.17, 15) is 18.3 Å². The SMILES string of the molecule is Cc1nn(C)c(C)c1CN(C1CC1)S(=O)(=O)c1ccccc1C(=O)O. The van der Waals surface area contributed by atoms with Crippen molar-refractivity contribution in [2.75, 3.05) is 0 Å². The predicted molar refractivity (Wildman–Crippen MR) is 91.8 cm³/mol. The molecule has 8 heteroatoms. The maximum absolute atomic E-state index is 13.2. The summed E-state index contributed by atoms with van der Waals surface area (Å²) in [6.07, 6.45) is 1.57. The Kier molecular flexibility index (Phi) is 4.42. The molecule has 134 valence electrons. The molecular formula is C17H21N3O4S. The highest BCUT2D eigenvalue weighted by atomic mass is 32.2. The number of aromatic carboxylic acids is 1. The Hall–Kier alpha value is -2.19. The van der Waals surface area contributed by atoms with Crippen LogP contribution in [0.25, 0.3) is 0 Å². The molecule has 0 amide bonds. The van der Waals surface area contributed by atoms with Gasteiger partial charge in [0.05, 0.1) is 16.2 Å². The summed E-state index contributed by atoms with van der Waals surface area (Å²) >= 11 is 0. The molecule has 0 atom stereocenters. The molecule has 0 aliphatic heterocycles. The highest BCUT2D eigenvalue weighted by Crippen LogP contribution is 2.35. The average molecular weight is 363 g/mol. The molecule has 0 unspecified atom stereocenters. The molecule has 1 aromatic heterocycles. The van der Waals surface area contributed by atoms with Crippen molar-refractivity contribution in [3.8, 4) is 0 Å². The number of hydrogen-bond acceptors (Lipinski definition) is 4. The Balaban J connectivity index is 2.05. The number of aryl methyl sites for hydroxylation is 2. The van der Waals surface area contributed by atoms with Gasteiger partial charge in [-0.3, -0.25) is 4.68 Å². The Morgan fingerprint density at radius 2 is 1.96 bits per heavy atom. The second kappa shape index (κ2) is 6.27. The molecule has 0 bridgehead atoms. The first-order valence-corrected chi connectivity index (χ1v) is 9.50. The molecule has 1 saturated carbocycles. The number of carbonyl (C=O) groups is 1. The van der Waals surface area contributed by atoms with E-state index in [4.69, 9.17) is 0 Å². The molecule has 3 rings (SSSR count). The topological polar surface area (TPSA) is 92.5 Å². The van der Waals surface area contributed by atoms with Gasteiger partial charge in [-0.15, -0.1) is 0 Å². The number of hydrogen-bond donors (Lipinski definition) is 1. The molecule has 1 aliphatic rings. The minimum Gasteiger partial charge on any atom is -0.478 e. The van der Waals surface area contributed by atoms with E-state index < -0.39 is 16.0 Å². The number of nitrogens with zero attached hydrogens (tertiary/aromatic N) is 3. The lowest BCUT2D eigenvalue weighted by Crippen LogP contribution is -2.34. The fraction of sp³-hybridized carbons (Fsp3) is 0.412. The van der Waals surface area contributed by atoms with E-state index in [1.807, 2.05) is 20.9 Å². The van der Waals surface area contributed by atoms with Crippen LogP contribution >= 0.6 is 0 Å². The molecule has 1 aliphatic carbocycles. The third kappa shape index (κ3) is 3.19. The molecule has 0 radical (unpaired) electrons. The summed E-state index contributed by atoms with van der Waals surface area (Å²) in [6.45, 7) is 3.95. The van der Waals surface area contributed by atoms with Gasteiger partial charge < -0.3 is 5.11 Å². The number of rotatable bonds is 6. The van der Waals surface area contributed by atoms with Gasteiger partial charge in [0.2, 0.25) is 10.0 Å². The molecule has 0 spiro atoms. The first-order chi connectivity index (χ1) is 11.7. The van der Waals surface area contributed by atoms with Crippen molar-refractivity contribution in [1.29, 1.82) is 0 Å². The van der Waals surface area contributed by atoms with Crippen molar-refractivity contribution in [3.63, 3.8) is 0 Å². The highest BCUT2D eigenvalue weighted by molar-refractivity contribution is 7.89. The van der Waals surface area contributed by atoms with E-state index >= 15 is 0 Å². The van der Waals surface area contributed by atoms with Gasteiger partial charge in [-0.2, -0.15) is 9.40 Å². The van der Waals surface area contributed by atoms with Crippen molar-refractivity contribution in [2.24, 2.45) is 7.05 Å². The summed E-state index contributed by atoms with van der Waals surface area (Å²) < 4.78 is 29.6. The van der Waals surface area contributed by atoms with Gasteiger partial charge in [-0.05, 0) is 38.8 Å². The third-order valence-electron chi connectivity index (χ3n) is 4.63. The normalized spacial score (nSPS) is 14.9. The molecular weight excluding hydrogens is 342 g/mol. The van der Waals surface area contributed by atoms with E-state index in [0.717, 1.165) is 29.8 Å². The van der Waals surface area contributed by atoms with Crippen LogP contribution in [0.2, 0.25) is 0 Å². The second-order valence-corrected chi connectivity index (χ2v) is 8.21. The summed E-state index contributed by atoms with van der Waals surface area (Å²) in [7, 11) is -2.10. The van der Waals surface area contributed by atoms with E-state index in [-0.39, 0.29) is 23.0 Å². The number of carboxylic acid groups (broad SMARTS) is 1. The first kappa shape index (κ1) is 17.6. The largest absolute Gasteiger partial charge is 0.478 e. The molecule has 1 heterocycles. The minimum absolute atomic E-state index is 0.0918. The predicted octanol–water partition coefficient (Wildman–Crippen LogP) is 2.09. The Labute approximate surface area is 146 Å². The lowest BCUT2D eigenvalue weighted by Gasteiger charge is -2.23. The maximum Gasteiger partial charge on any atom is 0.337 e. The Bertz CT molecular complexity index is 929. The zero-order valence-corrected chi connectivity index (χ0v) is 15.2. The van der Waals surface area contributed by atoms with Gasteiger partial charge in [0.25, 0.3) is 0 Å². The van der Waals surface area contributed by atoms with Crippen LogP contribution in [0.5, 0.6) is 0 Å². The van der Waals surface area contributed by atoms with Gasteiger partial charge in [-0.1, -0.05) is 12.1 Å². The average Bonchev–Trinajstić information content (AvgIpc) is 3.35. The van der Waals surface area contributed by atoms with E-state index in [2.05, 4.69) is 5.10 Å². The Morgan fingerprint density at radius 1 is 1.32 bits per heavy atom. The van der Waals surface area contributed by atoms with Gasteiger partial charge in [0.15, 0.2) is 0 Å².